The predicted octanol–water partition coefficient (Wildman–Crippen LogP) is 2.30. The first-order valence-electron chi connectivity index (χ1n) is 7.67. The molecule has 0 aromatic heterocycles. The molecule has 0 radical (unpaired) electrons. The van der Waals surface area contributed by atoms with Crippen LogP contribution in [0.1, 0.15) is 32.3 Å². The van der Waals surface area contributed by atoms with Crippen molar-refractivity contribution in [1.29, 1.82) is 0 Å². The summed E-state index contributed by atoms with van der Waals surface area (Å²) in [5.74, 6) is -0.854. The Morgan fingerprint density at radius 2 is 1.95 bits per heavy atom. The first-order valence-corrected chi connectivity index (χ1v) is 7.67. The molecule has 0 aliphatic carbocycles. The summed E-state index contributed by atoms with van der Waals surface area (Å²) >= 11 is 0. The number of hydrogen-bond acceptors (Lipinski definition) is 3. The number of aliphatic carboxylic acids is 1. The molecular formula is C17H23NO4. The molecule has 5 nitrogen and oxygen atoms in total. The fourth-order valence-corrected chi connectivity index (χ4v) is 2.87. The van der Waals surface area contributed by atoms with E-state index in [-0.39, 0.29) is 30.9 Å². The predicted molar refractivity (Wildman–Crippen MR) is 82.2 cm³/mol. The monoisotopic (exact) mass is 305 g/mol. The van der Waals surface area contributed by atoms with E-state index < -0.39 is 12.1 Å². The van der Waals surface area contributed by atoms with Gasteiger partial charge in [-0.1, -0.05) is 37.3 Å². The molecule has 1 amide bonds. The Labute approximate surface area is 130 Å². The second kappa shape index (κ2) is 7.40. The Balaban J connectivity index is 2.09. The number of carboxylic acid groups (broad SMARTS) is 1. The number of benzene rings is 1. The number of rotatable bonds is 6. The molecule has 0 saturated carbocycles. The maximum absolute atomic E-state index is 12.7. The number of hydrogen-bond donors (Lipinski definition) is 1. The fraction of sp³-hybridized carbons (Fsp3) is 0.529. The van der Waals surface area contributed by atoms with Crippen molar-refractivity contribution in [2.75, 3.05) is 6.54 Å². The van der Waals surface area contributed by atoms with Gasteiger partial charge in [0, 0.05) is 13.1 Å². The van der Waals surface area contributed by atoms with E-state index in [0.717, 1.165) is 12.0 Å². The van der Waals surface area contributed by atoms with Crippen LogP contribution in [0.3, 0.4) is 0 Å². The van der Waals surface area contributed by atoms with Crippen molar-refractivity contribution in [3.05, 3.63) is 35.9 Å². The van der Waals surface area contributed by atoms with E-state index in [1.807, 2.05) is 44.2 Å². The number of amides is 1. The normalized spacial score (nSPS) is 24.2. The molecule has 120 valence electrons. The lowest BCUT2D eigenvalue weighted by molar-refractivity contribution is -0.146. The van der Waals surface area contributed by atoms with Crippen LogP contribution in [0.4, 0.5) is 0 Å². The van der Waals surface area contributed by atoms with E-state index in [1.165, 1.54) is 0 Å². The second-order valence-corrected chi connectivity index (χ2v) is 5.97. The van der Waals surface area contributed by atoms with E-state index in [2.05, 4.69) is 0 Å². The van der Waals surface area contributed by atoms with Crippen LogP contribution < -0.4 is 0 Å². The number of ether oxygens (including phenoxy) is 1. The van der Waals surface area contributed by atoms with E-state index in [4.69, 9.17) is 9.84 Å². The highest BCUT2D eigenvalue weighted by atomic mass is 16.5. The SMILES string of the molecule is CC1CC(C)C(C(=O)N(CCC(=O)O)Cc2ccccc2)O1. The van der Waals surface area contributed by atoms with E-state index in [9.17, 15) is 9.59 Å². The summed E-state index contributed by atoms with van der Waals surface area (Å²) in [6.07, 6.45) is 0.401. The Kier molecular flexibility index (Phi) is 5.55. The zero-order valence-electron chi connectivity index (χ0n) is 13.1. The van der Waals surface area contributed by atoms with Crippen LogP contribution in [0.25, 0.3) is 0 Å². The molecule has 22 heavy (non-hydrogen) atoms. The minimum Gasteiger partial charge on any atom is -0.481 e. The van der Waals surface area contributed by atoms with Crippen LogP contribution in [0.15, 0.2) is 30.3 Å². The maximum atomic E-state index is 12.7. The van der Waals surface area contributed by atoms with Gasteiger partial charge < -0.3 is 14.7 Å². The highest BCUT2D eigenvalue weighted by Crippen LogP contribution is 2.27. The van der Waals surface area contributed by atoms with Gasteiger partial charge in [0.2, 0.25) is 0 Å². The van der Waals surface area contributed by atoms with Crippen molar-refractivity contribution >= 4 is 11.9 Å². The molecule has 3 unspecified atom stereocenters. The van der Waals surface area contributed by atoms with Crippen molar-refractivity contribution in [2.24, 2.45) is 5.92 Å². The third-order valence-electron chi connectivity index (χ3n) is 3.97. The van der Waals surface area contributed by atoms with E-state index in [1.54, 1.807) is 4.90 Å². The molecule has 0 spiro atoms. The summed E-state index contributed by atoms with van der Waals surface area (Å²) in [6, 6.07) is 9.60. The van der Waals surface area contributed by atoms with Crippen molar-refractivity contribution in [1.82, 2.24) is 4.90 Å². The van der Waals surface area contributed by atoms with Crippen LogP contribution in [-0.4, -0.2) is 40.6 Å². The molecule has 1 N–H and O–H groups in total. The summed E-state index contributed by atoms with van der Waals surface area (Å²) < 4.78 is 5.72. The van der Waals surface area contributed by atoms with Gasteiger partial charge in [-0.2, -0.15) is 0 Å². The van der Waals surface area contributed by atoms with Gasteiger partial charge in [-0.25, -0.2) is 0 Å². The summed E-state index contributed by atoms with van der Waals surface area (Å²) in [7, 11) is 0. The quantitative estimate of drug-likeness (QED) is 0.876. The van der Waals surface area contributed by atoms with E-state index in [0.29, 0.717) is 6.54 Å². The molecule has 1 aliphatic heterocycles. The molecule has 1 aromatic rings. The lowest BCUT2D eigenvalue weighted by Crippen LogP contribution is -2.42. The largest absolute Gasteiger partial charge is 0.481 e. The summed E-state index contributed by atoms with van der Waals surface area (Å²) in [5.41, 5.74) is 0.986. The highest BCUT2D eigenvalue weighted by Gasteiger charge is 2.37. The zero-order chi connectivity index (χ0) is 16.1. The smallest absolute Gasteiger partial charge is 0.305 e. The Bertz CT molecular complexity index is 517. The molecule has 1 fully saturated rings. The molecule has 3 atom stereocenters. The van der Waals surface area contributed by atoms with Crippen LogP contribution >= 0.6 is 0 Å². The van der Waals surface area contributed by atoms with Gasteiger partial charge >= 0.3 is 5.97 Å². The van der Waals surface area contributed by atoms with E-state index >= 15 is 0 Å². The van der Waals surface area contributed by atoms with Crippen LogP contribution in [-0.2, 0) is 20.9 Å². The molecule has 2 rings (SSSR count). The molecule has 1 aromatic carbocycles. The lowest BCUT2D eigenvalue weighted by Gasteiger charge is -2.26. The molecule has 0 bridgehead atoms. The number of nitrogens with zero attached hydrogens (tertiary/aromatic N) is 1. The van der Waals surface area contributed by atoms with Crippen molar-refractivity contribution in [3.63, 3.8) is 0 Å². The van der Waals surface area contributed by atoms with Crippen molar-refractivity contribution in [2.45, 2.75) is 45.4 Å². The average molecular weight is 305 g/mol. The fourth-order valence-electron chi connectivity index (χ4n) is 2.87. The topological polar surface area (TPSA) is 66.8 Å². The number of carboxylic acids is 1. The van der Waals surface area contributed by atoms with Crippen LogP contribution in [0, 0.1) is 5.92 Å². The van der Waals surface area contributed by atoms with Gasteiger partial charge in [0.05, 0.1) is 12.5 Å². The summed E-state index contributed by atoms with van der Waals surface area (Å²) in [6.45, 7) is 4.57. The van der Waals surface area contributed by atoms with Crippen LogP contribution in [0.5, 0.6) is 0 Å². The van der Waals surface area contributed by atoms with Gasteiger partial charge in [-0.3, -0.25) is 9.59 Å². The third kappa shape index (κ3) is 4.31. The second-order valence-electron chi connectivity index (χ2n) is 5.97. The Hall–Kier alpha value is -1.88. The van der Waals surface area contributed by atoms with Gasteiger partial charge in [-0.15, -0.1) is 0 Å². The molecule has 5 heteroatoms. The molecule has 1 aliphatic rings. The van der Waals surface area contributed by atoms with Crippen LogP contribution in [0.2, 0.25) is 0 Å². The molecule has 1 saturated heterocycles. The van der Waals surface area contributed by atoms with Gasteiger partial charge in [-0.05, 0) is 24.8 Å². The summed E-state index contributed by atoms with van der Waals surface area (Å²) in [5, 5.41) is 8.90. The number of carbonyl (C=O) groups is 2. The van der Waals surface area contributed by atoms with Gasteiger partial charge in [0.25, 0.3) is 5.91 Å². The highest BCUT2D eigenvalue weighted by molar-refractivity contribution is 5.82. The van der Waals surface area contributed by atoms with Crippen molar-refractivity contribution in [3.8, 4) is 0 Å². The minimum absolute atomic E-state index is 0.0603. The number of carbonyl (C=O) groups excluding carboxylic acids is 1. The zero-order valence-corrected chi connectivity index (χ0v) is 13.1. The average Bonchev–Trinajstić information content (AvgIpc) is 2.82. The first-order chi connectivity index (χ1) is 10.5. The summed E-state index contributed by atoms with van der Waals surface area (Å²) in [4.78, 5) is 25.2. The third-order valence-corrected chi connectivity index (χ3v) is 3.97. The van der Waals surface area contributed by atoms with Gasteiger partial charge in [0.15, 0.2) is 0 Å². The molecular weight excluding hydrogens is 282 g/mol. The first kappa shape index (κ1) is 16.5. The Morgan fingerprint density at radius 3 is 2.50 bits per heavy atom. The van der Waals surface area contributed by atoms with Crippen molar-refractivity contribution < 1.29 is 19.4 Å². The standard InChI is InChI=1S/C17H23NO4/c1-12-10-13(2)22-16(12)17(21)18(9-8-15(19)20)11-14-6-4-3-5-7-14/h3-7,12-13,16H,8-11H2,1-2H3,(H,19,20). The maximum Gasteiger partial charge on any atom is 0.305 e. The van der Waals surface area contributed by atoms with Gasteiger partial charge in [0.1, 0.15) is 6.10 Å². The molecule has 1 heterocycles. The minimum atomic E-state index is -0.903. The lowest BCUT2D eigenvalue weighted by atomic mass is 10.0. The Morgan fingerprint density at radius 1 is 1.27 bits per heavy atom.